The highest BCUT2D eigenvalue weighted by Gasteiger charge is 2.15. The van der Waals surface area contributed by atoms with Gasteiger partial charge in [-0.2, -0.15) is 0 Å². The first kappa shape index (κ1) is 8.31. The number of hydrogen-bond donors (Lipinski definition) is 1. The summed E-state index contributed by atoms with van der Waals surface area (Å²) in [6, 6.07) is 4.63. The predicted molar refractivity (Wildman–Crippen MR) is 45.5 cm³/mol. The van der Waals surface area contributed by atoms with E-state index in [1.807, 2.05) is 0 Å². The van der Waals surface area contributed by atoms with Gasteiger partial charge in [0.15, 0.2) is 11.5 Å². The summed E-state index contributed by atoms with van der Waals surface area (Å²) in [6.07, 6.45) is 0. The molecule has 1 atom stereocenters. The SMILES string of the molecule is N[C@@H](CF)c1ccc2c(c1)OCO2. The molecule has 1 aromatic rings. The van der Waals surface area contributed by atoms with Gasteiger partial charge in [0.1, 0.15) is 6.67 Å². The summed E-state index contributed by atoms with van der Waals surface area (Å²) in [4.78, 5) is 0. The zero-order valence-electron chi connectivity index (χ0n) is 7.00. The summed E-state index contributed by atoms with van der Waals surface area (Å²) in [5.41, 5.74) is 6.25. The molecule has 0 spiro atoms. The third-order valence-corrected chi connectivity index (χ3v) is 1.99. The van der Waals surface area contributed by atoms with E-state index in [0.717, 1.165) is 5.56 Å². The molecule has 3 nitrogen and oxygen atoms in total. The van der Waals surface area contributed by atoms with Crippen LogP contribution < -0.4 is 15.2 Å². The monoisotopic (exact) mass is 183 g/mol. The minimum atomic E-state index is -0.575. The highest BCUT2D eigenvalue weighted by molar-refractivity contribution is 5.45. The molecule has 0 saturated carbocycles. The lowest BCUT2D eigenvalue weighted by atomic mass is 10.1. The van der Waals surface area contributed by atoms with Gasteiger partial charge in [-0.25, -0.2) is 4.39 Å². The first-order valence-electron chi connectivity index (χ1n) is 4.02. The molecule has 0 bridgehead atoms. The molecule has 0 fully saturated rings. The fourth-order valence-corrected chi connectivity index (χ4v) is 1.23. The predicted octanol–water partition coefficient (Wildman–Crippen LogP) is 1.38. The zero-order valence-corrected chi connectivity index (χ0v) is 7.00. The summed E-state index contributed by atoms with van der Waals surface area (Å²) in [5.74, 6) is 1.33. The van der Waals surface area contributed by atoms with Gasteiger partial charge >= 0.3 is 0 Å². The van der Waals surface area contributed by atoms with Crippen LogP contribution in [0.2, 0.25) is 0 Å². The van der Waals surface area contributed by atoms with Crippen molar-refractivity contribution in [3.63, 3.8) is 0 Å². The molecular formula is C9H10FNO2. The second kappa shape index (κ2) is 3.22. The molecule has 13 heavy (non-hydrogen) atoms. The van der Waals surface area contributed by atoms with E-state index >= 15 is 0 Å². The van der Waals surface area contributed by atoms with Gasteiger partial charge < -0.3 is 15.2 Å². The van der Waals surface area contributed by atoms with Crippen LogP contribution in [0.3, 0.4) is 0 Å². The molecular weight excluding hydrogens is 173 g/mol. The van der Waals surface area contributed by atoms with Gasteiger partial charge in [-0.3, -0.25) is 0 Å². The molecule has 1 heterocycles. The van der Waals surface area contributed by atoms with Crippen molar-refractivity contribution in [3.05, 3.63) is 23.8 Å². The van der Waals surface area contributed by atoms with Gasteiger partial charge in [-0.05, 0) is 17.7 Å². The number of alkyl halides is 1. The number of ether oxygens (including phenoxy) is 2. The molecule has 0 aromatic heterocycles. The van der Waals surface area contributed by atoms with Crippen molar-refractivity contribution < 1.29 is 13.9 Å². The zero-order chi connectivity index (χ0) is 9.26. The van der Waals surface area contributed by atoms with Crippen LogP contribution >= 0.6 is 0 Å². The fraction of sp³-hybridized carbons (Fsp3) is 0.333. The average molecular weight is 183 g/mol. The summed E-state index contributed by atoms with van der Waals surface area (Å²) in [6.45, 7) is -0.344. The molecule has 0 amide bonds. The van der Waals surface area contributed by atoms with Gasteiger partial charge in [-0.1, -0.05) is 6.07 Å². The topological polar surface area (TPSA) is 44.5 Å². The Bertz CT molecular complexity index is 316. The van der Waals surface area contributed by atoms with Crippen molar-refractivity contribution in [1.82, 2.24) is 0 Å². The Morgan fingerprint density at radius 3 is 2.92 bits per heavy atom. The molecule has 0 saturated heterocycles. The van der Waals surface area contributed by atoms with E-state index < -0.39 is 12.7 Å². The van der Waals surface area contributed by atoms with Crippen molar-refractivity contribution in [1.29, 1.82) is 0 Å². The number of nitrogens with two attached hydrogens (primary N) is 1. The third-order valence-electron chi connectivity index (χ3n) is 1.99. The summed E-state index contributed by atoms with van der Waals surface area (Å²) < 4.78 is 22.5. The Morgan fingerprint density at radius 2 is 2.15 bits per heavy atom. The Balaban J connectivity index is 2.30. The smallest absolute Gasteiger partial charge is 0.231 e. The van der Waals surface area contributed by atoms with E-state index in [2.05, 4.69) is 0 Å². The quantitative estimate of drug-likeness (QED) is 0.753. The van der Waals surface area contributed by atoms with Gasteiger partial charge in [0.05, 0.1) is 6.04 Å². The lowest BCUT2D eigenvalue weighted by Crippen LogP contribution is -2.11. The Hall–Kier alpha value is -1.29. The largest absolute Gasteiger partial charge is 0.454 e. The normalized spacial score (nSPS) is 15.8. The van der Waals surface area contributed by atoms with Crippen molar-refractivity contribution in [2.24, 2.45) is 5.73 Å². The number of rotatable bonds is 2. The van der Waals surface area contributed by atoms with Gasteiger partial charge in [-0.15, -0.1) is 0 Å². The molecule has 0 radical (unpaired) electrons. The molecule has 1 aliphatic rings. The first-order valence-corrected chi connectivity index (χ1v) is 4.02. The van der Waals surface area contributed by atoms with Crippen LogP contribution in [-0.2, 0) is 0 Å². The number of halogens is 1. The molecule has 2 N–H and O–H groups in total. The second-order valence-electron chi connectivity index (χ2n) is 2.87. The maximum Gasteiger partial charge on any atom is 0.231 e. The van der Waals surface area contributed by atoms with Crippen LogP contribution in [-0.4, -0.2) is 13.5 Å². The first-order chi connectivity index (χ1) is 6.31. The van der Waals surface area contributed by atoms with Crippen molar-refractivity contribution >= 4 is 0 Å². The highest BCUT2D eigenvalue weighted by atomic mass is 19.1. The van der Waals surface area contributed by atoms with E-state index in [-0.39, 0.29) is 6.79 Å². The summed E-state index contributed by atoms with van der Waals surface area (Å²) in [7, 11) is 0. The number of hydrogen-bond acceptors (Lipinski definition) is 3. The Morgan fingerprint density at radius 1 is 1.38 bits per heavy atom. The van der Waals surface area contributed by atoms with Crippen molar-refractivity contribution in [2.45, 2.75) is 6.04 Å². The lowest BCUT2D eigenvalue weighted by Gasteiger charge is -2.07. The average Bonchev–Trinajstić information content (AvgIpc) is 2.63. The summed E-state index contributed by atoms with van der Waals surface area (Å²) in [5, 5.41) is 0. The van der Waals surface area contributed by atoms with E-state index in [4.69, 9.17) is 15.2 Å². The van der Waals surface area contributed by atoms with Crippen LogP contribution in [0.5, 0.6) is 11.5 Å². The molecule has 1 aliphatic heterocycles. The van der Waals surface area contributed by atoms with Crippen molar-refractivity contribution in [3.8, 4) is 11.5 Å². The standard InChI is InChI=1S/C9H10FNO2/c10-4-7(11)6-1-2-8-9(3-6)13-5-12-8/h1-3,7H,4-5,11H2/t7-/m0/s1. The van der Waals surface area contributed by atoms with E-state index in [9.17, 15) is 4.39 Å². The molecule has 70 valence electrons. The van der Waals surface area contributed by atoms with Gasteiger partial charge in [0, 0.05) is 0 Å². The molecule has 2 rings (SSSR count). The summed E-state index contributed by atoms with van der Waals surface area (Å²) >= 11 is 0. The fourth-order valence-electron chi connectivity index (χ4n) is 1.23. The van der Waals surface area contributed by atoms with Crippen LogP contribution in [0.4, 0.5) is 4.39 Å². The second-order valence-corrected chi connectivity index (χ2v) is 2.87. The van der Waals surface area contributed by atoms with Crippen LogP contribution in [0.25, 0.3) is 0 Å². The Labute approximate surface area is 75.3 Å². The van der Waals surface area contributed by atoms with E-state index in [1.165, 1.54) is 0 Å². The molecule has 0 aliphatic carbocycles. The van der Waals surface area contributed by atoms with Gasteiger partial charge in [0.25, 0.3) is 0 Å². The van der Waals surface area contributed by atoms with Crippen LogP contribution in [0.15, 0.2) is 18.2 Å². The highest BCUT2D eigenvalue weighted by Crippen LogP contribution is 2.33. The minimum absolute atomic E-state index is 0.226. The third kappa shape index (κ3) is 1.45. The maximum atomic E-state index is 12.2. The number of benzene rings is 1. The Kier molecular flexibility index (Phi) is 2.06. The number of fused-ring (bicyclic) bond motifs is 1. The van der Waals surface area contributed by atoms with Gasteiger partial charge in [0.2, 0.25) is 6.79 Å². The lowest BCUT2D eigenvalue weighted by molar-refractivity contribution is 0.174. The van der Waals surface area contributed by atoms with Crippen LogP contribution in [0.1, 0.15) is 11.6 Å². The minimum Gasteiger partial charge on any atom is -0.454 e. The van der Waals surface area contributed by atoms with E-state index in [1.54, 1.807) is 18.2 Å². The molecule has 4 heteroatoms. The van der Waals surface area contributed by atoms with Crippen molar-refractivity contribution in [2.75, 3.05) is 13.5 Å². The molecule has 1 aromatic carbocycles. The van der Waals surface area contributed by atoms with Crippen LogP contribution in [0, 0.1) is 0 Å². The van der Waals surface area contributed by atoms with E-state index in [0.29, 0.717) is 11.5 Å². The molecule has 0 unspecified atom stereocenters. The maximum absolute atomic E-state index is 12.2.